The first-order valence-corrected chi connectivity index (χ1v) is 10.1. The lowest BCUT2D eigenvalue weighted by Crippen LogP contribution is -2.26. The van der Waals surface area contributed by atoms with E-state index in [9.17, 15) is 9.59 Å². The van der Waals surface area contributed by atoms with Crippen molar-refractivity contribution in [3.8, 4) is 0 Å². The van der Waals surface area contributed by atoms with E-state index in [-0.39, 0.29) is 11.8 Å². The maximum atomic E-state index is 12.5. The summed E-state index contributed by atoms with van der Waals surface area (Å²) in [5.41, 5.74) is 3.77. The molecule has 3 aromatic rings. The van der Waals surface area contributed by atoms with Gasteiger partial charge in [0.05, 0.1) is 5.69 Å². The molecule has 2 heterocycles. The van der Waals surface area contributed by atoms with Crippen LogP contribution in [-0.4, -0.2) is 27.7 Å². The van der Waals surface area contributed by atoms with Gasteiger partial charge in [-0.2, -0.15) is 0 Å². The van der Waals surface area contributed by atoms with Crippen LogP contribution in [0.5, 0.6) is 0 Å². The molecule has 0 saturated heterocycles. The Morgan fingerprint density at radius 1 is 1.10 bits per heavy atom. The van der Waals surface area contributed by atoms with E-state index in [0.29, 0.717) is 29.4 Å². The van der Waals surface area contributed by atoms with Crippen molar-refractivity contribution >= 4 is 34.7 Å². The maximum absolute atomic E-state index is 12.5. The number of imidazole rings is 1. The van der Waals surface area contributed by atoms with Crippen molar-refractivity contribution in [3.63, 3.8) is 0 Å². The number of hydrogen-bond acceptors (Lipinski definition) is 3. The van der Waals surface area contributed by atoms with Crippen LogP contribution in [0.1, 0.15) is 47.4 Å². The topological polar surface area (TPSA) is 75.5 Å². The third kappa shape index (κ3) is 5.35. The van der Waals surface area contributed by atoms with Crippen LogP contribution in [0.4, 0.5) is 5.69 Å². The van der Waals surface area contributed by atoms with Crippen molar-refractivity contribution in [3.05, 3.63) is 64.6 Å². The average Bonchev–Trinajstić information content (AvgIpc) is 3.02. The van der Waals surface area contributed by atoms with E-state index in [2.05, 4.69) is 15.6 Å². The lowest BCUT2D eigenvalue weighted by atomic mass is 10.1. The number of rotatable bonds is 8. The van der Waals surface area contributed by atoms with E-state index in [4.69, 9.17) is 11.6 Å². The van der Waals surface area contributed by atoms with Crippen molar-refractivity contribution in [2.75, 3.05) is 11.9 Å². The molecule has 0 spiro atoms. The normalized spacial score (nSPS) is 10.9. The molecule has 0 unspecified atom stereocenters. The molecule has 0 atom stereocenters. The molecule has 0 aliphatic carbocycles. The Bertz CT molecular complexity index is 1030. The highest BCUT2D eigenvalue weighted by Crippen LogP contribution is 2.20. The highest BCUT2D eigenvalue weighted by atomic mass is 35.5. The van der Waals surface area contributed by atoms with Gasteiger partial charge in [-0.1, -0.05) is 24.1 Å². The summed E-state index contributed by atoms with van der Waals surface area (Å²) in [6.07, 6.45) is 4.73. The van der Waals surface area contributed by atoms with Crippen molar-refractivity contribution in [2.24, 2.45) is 0 Å². The molecule has 2 aromatic heterocycles. The molecule has 0 bridgehead atoms. The predicted octanol–water partition coefficient (Wildman–Crippen LogP) is 4.53. The molecule has 0 aliphatic rings. The van der Waals surface area contributed by atoms with Crippen LogP contribution in [0.15, 0.2) is 42.6 Å². The number of unbranched alkanes of at least 4 members (excludes halogenated alkanes) is 2. The lowest BCUT2D eigenvalue weighted by Gasteiger charge is -2.09. The molecule has 3 rings (SSSR count). The molecule has 152 valence electrons. The molecule has 0 radical (unpaired) electrons. The molecule has 0 aliphatic heterocycles. The monoisotopic (exact) mass is 412 g/mol. The number of nitrogens with zero attached hydrogens (tertiary/aromatic N) is 2. The van der Waals surface area contributed by atoms with Crippen LogP contribution in [-0.2, 0) is 4.79 Å². The third-order valence-electron chi connectivity index (χ3n) is 4.75. The zero-order valence-electron chi connectivity index (χ0n) is 16.7. The van der Waals surface area contributed by atoms with Gasteiger partial charge in [-0.05, 0) is 62.6 Å². The average molecular weight is 413 g/mol. The van der Waals surface area contributed by atoms with Crippen LogP contribution in [0.2, 0.25) is 5.02 Å². The summed E-state index contributed by atoms with van der Waals surface area (Å²) in [6, 6.07) is 11.0. The lowest BCUT2D eigenvalue weighted by molar-refractivity contribution is -0.116. The van der Waals surface area contributed by atoms with E-state index in [1.54, 1.807) is 10.5 Å². The molecule has 29 heavy (non-hydrogen) atoms. The van der Waals surface area contributed by atoms with Crippen molar-refractivity contribution < 1.29 is 9.59 Å². The minimum atomic E-state index is -0.128. The second-order valence-electron chi connectivity index (χ2n) is 7.05. The molecule has 7 heteroatoms. The minimum absolute atomic E-state index is 0.0131. The van der Waals surface area contributed by atoms with Crippen LogP contribution in [0.3, 0.4) is 0 Å². The Hall–Kier alpha value is -2.86. The van der Waals surface area contributed by atoms with Crippen LogP contribution in [0, 0.1) is 13.8 Å². The van der Waals surface area contributed by atoms with Gasteiger partial charge < -0.3 is 10.6 Å². The number of benzene rings is 1. The van der Waals surface area contributed by atoms with Gasteiger partial charge >= 0.3 is 0 Å². The number of carbonyl (C=O) groups is 2. The van der Waals surface area contributed by atoms with E-state index in [1.807, 2.05) is 50.4 Å². The first-order chi connectivity index (χ1) is 14.0. The molecule has 2 N–H and O–H groups in total. The van der Waals surface area contributed by atoms with Crippen molar-refractivity contribution in [1.82, 2.24) is 14.7 Å². The van der Waals surface area contributed by atoms with E-state index < -0.39 is 0 Å². The summed E-state index contributed by atoms with van der Waals surface area (Å²) in [7, 11) is 0. The van der Waals surface area contributed by atoms with Gasteiger partial charge in [0.15, 0.2) is 0 Å². The molecular formula is C22H25ClN4O2. The third-order valence-corrected chi connectivity index (χ3v) is 4.98. The number of halogens is 1. The van der Waals surface area contributed by atoms with Crippen LogP contribution < -0.4 is 10.6 Å². The number of anilines is 1. The van der Waals surface area contributed by atoms with Crippen molar-refractivity contribution in [2.45, 2.75) is 39.5 Å². The first kappa shape index (κ1) is 20.9. The fourth-order valence-corrected chi connectivity index (χ4v) is 3.47. The van der Waals surface area contributed by atoms with Gasteiger partial charge in [0.25, 0.3) is 5.91 Å². The highest BCUT2D eigenvalue weighted by Gasteiger charge is 2.15. The summed E-state index contributed by atoms with van der Waals surface area (Å²) < 4.78 is 1.80. The van der Waals surface area contributed by atoms with Crippen LogP contribution in [0.25, 0.3) is 5.65 Å². The van der Waals surface area contributed by atoms with Gasteiger partial charge in [0.1, 0.15) is 11.3 Å². The predicted molar refractivity (Wildman–Crippen MR) is 116 cm³/mol. The fourth-order valence-electron chi connectivity index (χ4n) is 3.24. The molecule has 0 fully saturated rings. The fraction of sp³-hybridized carbons (Fsp3) is 0.318. The minimum Gasteiger partial charge on any atom is -0.351 e. The Kier molecular flexibility index (Phi) is 6.88. The summed E-state index contributed by atoms with van der Waals surface area (Å²) in [5.74, 6) is -0.141. The number of aryl methyl sites for hydroxylation is 2. The van der Waals surface area contributed by atoms with E-state index >= 15 is 0 Å². The van der Waals surface area contributed by atoms with Crippen molar-refractivity contribution in [1.29, 1.82) is 0 Å². The number of hydrogen-bond donors (Lipinski definition) is 2. The summed E-state index contributed by atoms with van der Waals surface area (Å²) in [4.78, 5) is 29.0. The highest BCUT2D eigenvalue weighted by molar-refractivity contribution is 6.30. The first-order valence-electron chi connectivity index (χ1n) is 9.73. The maximum Gasteiger partial charge on any atom is 0.270 e. The molecular weight excluding hydrogens is 388 g/mol. The van der Waals surface area contributed by atoms with E-state index in [1.165, 1.54) is 0 Å². The molecule has 6 nitrogen and oxygen atoms in total. The Morgan fingerprint density at radius 2 is 1.93 bits per heavy atom. The zero-order chi connectivity index (χ0) is 20.8. The second kappa shape index (κ2) is 9.56. The Morgan fingerprint density at radius 3 is 2.72 bits per heavy atom. The molecule has 0 saturated carbocycles. The number of amides is 2. The zero-order valence-corrected chi connectivity index (χ0v) is 17.4. The number of nitrogens with one attached hydrogen (secondary N) is 2. The van der Waals surface area contributed by atoms with Gasteiger partial charge in [-0.25, -0.2) is 4.98 Å². The number of aromatic nitrogens is 2. The van der Waals surface area contributed by atoms with Gasteiger partial charge in [-0.3, -0.25) is 14.0 Å². The quantitative estimate of drug-likeness (QED) is 0.533. The largest absolute Gasteiger partial charge is 0.351 e. The van der Waals surface area contributed by atoms with Gasteiger partial charge in [-0.15, -0.1) is 0 Å². The SMILES string of the molecule is Cc1cc(Cl)ccc1NC(=O)CCCCCNC(=O)c1c(C)nc2ccccn12. The van der Waals surface area contributed by atoms with E-state index in [0.717, 1.165) is 36.2 Å². The smallest absolute Gasteiger partial charge is 0.270 e. The number of carbonyl (C=O) groups excluding carboxylic acids is 2. The number of fused-ring (bicyclic) bond motifs is 1. The molecule has 1 aromatic carbocycles. The summed E-state index contributed by atoms with van der Waals surface area (Å²) in [6.45, 7) is 4.31. The molecule has 2 amide bonds. The Balaban J connectivity index is 1.38. The van der Waals surface area contributed by atoms with Gasteiger partial charge in [0.2, 0.25) is 5.91 Å². The van der Waals surface area contributed by atoms with Crippen LogP contribution >= 0.6 is 11.6 Å². The standard InChI is InChI=1S/C22H25ClN4O2/c1-15-14-17(23)10-11-18(15)26-20(28)9-4-3-6-12-24-22(29)21-16(2)25-19-8-5-7-13-27(19)21/h5,7-8,10-11,13-14H,3-4,6,9,12H2,1-2H3,(H,24,29)(H,26,28). The Labute approximate surface area is 175 Å². The second-order valence-corrected chi connectivity index (χ2v) is 7.49. The summed E-state index contributed by atoms with van der Waals surface area (Å²) >= 11 is 5.93. The van der Waals surface area contributed by atoms with Gasteiger partial charge in [0, 0.05) is 29.9 Å². The number of pyridine rings is 1. The summed E-state index contributed by atoms with van der Waals surface area (Å²) in [5, 5.41) is 6.51.